The van der Waals surface area contributed by atoms with Crippen LogP contribution in [0.15, 0.2) is 39.5 Å². The number of hydrogen-bond acceptors (Lipinski definition) is 4. The zero-order chi connectivity index (χ0) is 13.1. The fourth-order valence-corrected chi connectivity index (χ4v) is 2.59. The maximum atomic E-state index is 12.3. The van der Waals surface area contributed by atoms with Crippen molar-refractivity contribution in [2.75, 3.05) is 7.11 Å². The second-order valence-electron chi connectivity index (χ2n) is 3.37. The van der Waals surface area contributed by atoms with Gasteiger partial charge in [0.05, 0.1) is 7.11 Å². The molecule has 2 aromatic rings. The third kappa shape index (κ3) is 2.59. The van der Waals surface area contributed by atoms with Crippen molar-refractivity contribution in [2.24, 2.45) is 0 Å². The molecule has 2 rings (SSSR count). The molecule has 92 valence electrons. The molecule has 0 N–H and O–H groups in total. The van der Waals surface area contributed by atoms with Gasteiger partial charge in [0.15, 0.2) is 5.69 Å². The van der Waals surface area contributed by atoms with E-state index in [2.05, 4.69) is 41.8 Å². The lowest BCUT2D eigenvalue weighted by Gasteiger charge is -2.06. The molecule has 0 spiro atoms. The van der Waals surface area contributed by atoms with Crippen molar-refractivity contribution in [2.45, 2.75) is 0 Å². The summed E-state index contributed by atoms with van der Waals surface area (Å²) in [5.41, 5.74) is 0.547. The molecule has 6 heteroatoms. The number of carbonyl (C=O) groups is 1. The number of aromatic nitrogens is 2. The maximum absolute atomic E-state index is 12.3. The van der Waals surface area contributed by atoms with Gasteiger partial charge in [0.1, 0.15) is 11.4 Å². The predicted molar refractivity (Wildman–Crippen MR) is 73.9 cm³/mol. The normalized spacial score (nSPS) is 10.2. The third-order valence-corrected chi connectivity index (χ3v) is 3.27. The molecule has 0 saturated heterocycles. The lowest BCUT2D eigenvalue weighted by Crippen LogP contribution is -2.09. The first-order valence-corrected chi connectivity index (χ1v) is 6.57. The largest absolute Gasteiger partial charge is 0.494 e. The topological polar surface area (TPSA) is 52.1 Å². The van der Waals surface area contributed by atoms with Gasteiger partial charge >= 0.3 is 0 Å². The Kier molecular flexibility index (Phi) is 4.08. The van der Waals surface area contributed by atoms with E-state index in [1.807, 2.05) is 0 Å². The van der Waals surface area contributed by atoms with Gasteiger partial charge in [0.2, 0.25) is 5.78 Å². The zero-order valence-electron chi connectivity index (χ0n) is 9.35. The van der Waals surface area contributed by atoms with Gasteiger partial charge in [-0.15, -0.1) is 0 Å². The van der Waals surface area contributed by atoms with Gasteiger partial charge in [-0.2, -0.15) is 0 Å². The molecule has 0 unspecified atom stereocenters. The highest BCUT2D eigenvalue weighted by molar-refractivity contribution is 9.11. The standard InChI is InChI=1S/C12H8Br2N2O2/c1-18-9-3-2-4-15-11(9)12(17)10-8(14)5-7(13)6-16-10/h2-6H,1H3. The van der Waals surface area contributed by atoms with Crippen LogP contribution in [0.5, 0.6) is 5.75 Å². The summed E-state index contributed by atoms with van der Waals surface area (Å²) in [7, 11) is 1.50. The van der Waals surface area contributed by atoms with E-state index in [1.165, 1.54) is 7.11 Å². The summed E-state index contributed by atoms with van der Waals surface area (Å²) in [5, 5.41) is 0. The van der Waals surface area contributed by atoms with Crippen LogP contribution < -0.4 is 4.74 Å². The Hall–Kier alpha value is -1.27. The van der Waals surface area contributed by atoms with Crippen molar-refractivity contribution in [3.63, 3.8) is 0 Å². The van der Waals surface area contributed by atoms with E-state index < -0.39 is 0 Å². The number of pyridine rings is 2. The van der Waals surface area contributed by atoms with Crippen molar-refractivity contribution in [1.29, 1.82) is 0 Å². The molecule has 0 aromatic carbocycles. The Balaban J connectivity index is 2.48. The molecule has 0 aliphatic heterocycles. The Morgan fingerprint density at radius 2 is 2.06 bits per heavy atom. The molecule has 0 radical (unpaired) electrons. The van der Waals surface area contributed by atoms with Crippen molar-refractivity contribution in [3.05, 3.63) is 50.9 Å². The van der Waals surface area contributed by atoms with Crippen LogP contribution >= 0.6 is 31.9 Å². The average Bonchev–Trinajstić information content (AvgIpc) is 2.38. The van der Waals surface area contributed by atoms with Gasteiger partial charge in [-0.1, -0.05) is 0 Å². The minimum atomic E-state index is -0.285. The van der Waals surface area contributed by atoms with E-state index in [9.17, 15) is 4.79 Å². The summed E-state index contributed by atoms with van der Waals surface area (Å²) >= 11 is 6.60. The fraction of sp³-hybridized carbons (Fsp3) is 0.0833. The summed E-state index contributed by atoms with van der Waals surface area (Å²) in [6.07, 6.45) is 3.11. The first-order valence-electron chi connectivity index (χ1n) is 4.98. The maximum Gasteiger partial charge on any atom is 0.234 e. The second kappa shape index (κ2) is 5.58. The highest BCUT2D eigenvalue weighted by atomic mass is 79.9. The molecule has 0 aliphatic rings. The van der Waals surface area contributed by atoms with Gasteiger partial charge in [0.25, 0.3) is 0 Å². The third-order valence-electron chi connectivity index (χ3n) is 2.23. The van der Waals surface area contributed by atoms with Crippen LogP contribution in [0.3, 0.4) is 0 Å². The number of carbonyl (C=O) groups excluding carboxylic acids is 1. The molecular formula is C12H8Br2N2O2. The van der Waals surface area contributed by atoms with Gasteiger partial charge in [-0.25, -0.2) is 4.98 Å². The predicted octanol–water partition coefficient (Wildman–Crippen LogP) is 3.24. The lowest BCUT2D eigenvalue weighted by molar-refractivity contribution is 0.102. The first-order chi connectivity index (χ1) is 8.63. The van der Waals surface area contributed by atoms with Crippen molar-refractivity contribution >= 4 is 37.6 Å². The van der Waals surface area contributed by atoms with Gasteiger partial charge in [-0.05, 0) is 50.1 Å². The smallest absolute Gasteiger partial charge is 0.234 e. The van der Waals surface area contributed by atoms with E-state index in [-0.39, 0.29) is 11.5 Å². The first kappa shape index (κ1) is 13.2. The number of hydrogen-bond donors (Lipinski definition) is 0. The summed E-state index contributed by atoms with van der Waals surface area (Å²) in [5.74, 6) is 0.144. The monoisotopic (exact) mass is 370 g/mol. The molecular weight excluding hydrogens is 364 g/mol. The highest BCUT2D eigenvalue weighted by Gasteiger charge is 2.19. The summed E-state index contributed by atoms with van der Waals surface area (Å²) < 4.78 is 6.51. The molecule has 18 heavy (non-hydrogen) atoms. The minimum Gasteiger partial charge on any atom is -0.494 e. The summed E-state index contributed by atoms with van der Waals surface area (Å²) in [6, 6.07) is 5.16. The number of ketones is 1. The van der Waals surface area contributed by atoms with E-state index in [1.54, 1.807) is 30.6 Å². The zero-order valence-corrected chi connectivity index (χ0v) is 12.5. The van der Waals surface area contributed by atoms with Crippen LogP contribution in [0.2, 0.25) is 0 Å². The fourth-order valence-electron chi connectivity index (χ4n) is 1.42. The molecule has 0 aliphatic carbocycles. The van der Waals surface area contributed by atoms with Crippen molar-refractivity contribution in [1.82, 2.24) is 9.97 Å². The van der Waals surface area contributed by atoms with Gasteiger partial charge in [-0.3, -0.25) is 9.78 Å². The molecule has 4 nitrogen and oxygen atoms in total. The van der Waals surface area contributed by atoms with Crippen LogP contribution in [0, 0.1) is 0 Å². The molecule has 0 bridgehead atoms. The number of nitrogens with zero attached hydrogens (tertiary/aromatic N) is 2. The van der Waals surface area contributed by atoms with E-state index >= 15 is 0 Å². The number of rotatable bonds is 3. The number of methoxy groups -OCH3 is 1. The summed E-state index contributed by atoms with van der Waals surface area (Å²) in [4.78, 5) is 20.4. The molecule has 0 atom stereocenters. The van der Waals surface area contributed by atoms with Crippen LogP contribution in [-0.2, 0) is 0 Å². The van der Waals surface area contributed by atoms with Gasteiger partial charge in [0, 0.05) is 21.3 Å². The lowest BCUT2D eigenvalue weighted by atomic mass is 10.1. The Bertz CT molecular complexity index is 602. The van der Waals surface area contributed by atoms with E-state index in [0.717, 1.165) is 4.47 Å². The quantitative estimate of drug-likeness (QED) is 0.777. The van der Waals surface area contributed by atoms with Crippen LogP contribution in [0.4, 0.5) is 0 Å². The minimum absolute atomic E-state index is 0.246. The molecule has 0 amide bonds. The number of halogens is 2. The van der Waals surface area contributed by atoms with Crippen LogP contribution in [0.1, 0.15) is 16.2 Å². The molecule has 2 heterocycles. The molecule has 2 aromatic heterocycles. The summed E-state index contributed by atoms with van der Waals surface area (Å²) in [6.45, 7) is 0. The molecule has 0 fully saturated rings. The highest BCUT2D eigenvalue weighted by Crippen LogP contribution is 2.24. The van der Waals surface area contributed by atoms with E-state index in [0.29, 0.717) is 15.9 Å². The van der Waals surface area contributed by atoms with Crippen molar-refractivity contribution < 1.29 is 9.53 Å². The van der Waals surface area contributed by atoms with Crippen LogP contribution in [-0.4, -0.2) is 22.9 Å². The van der Waals surface area contributed by atoms with E-state index in [4.69, 9.17) is 4.74 Å². The SMILES string of the molecule is COc1cccnc1C(=O)c1ncc(Br)cc1Br. The van der Waals surface area contributed by atoms with Crippen LogP contribution in [0.25, 0.3) is 0 Å². The molecule has 0 saturated carbocycles. The Morgan fingerprint density at radius 1 is 1.28 bits per heavy atom. The Labute approximate surface area is 121 Å². The van der Waals surface area contributed by atoms with Gasteiger partial charge < -0.3 is 4.74 Å². The average molecular weight is 372 g/mol. The second-order valence-corrected chi connectivity index (χ2v) is 5.14. The van der Waals surface area contributed by atoms with Crippen molar-refractivity contribution in [3.8, 4) is 5.75 Å². The Morgan fingerprint density at radius 3 is 2.72 bits per heavy atom. The number of ether oxygens (including phenoxy) is 1.